The highest BCUT2D eigenvalue weighted by molar-refractivity contribution is 8.00. The number of nitrogens with zero attached hydrogens (tertiary/aromatic N) is 1. The summed E-state index contributed by atoms with van der Waals surface area (Å²) in [5.74, 6) is 0.0119. The number of amides is 1. The van der Waals surface area contributed by atoms with Crippen LogP contribution in [0.4, 0.5) is 5.69 Å². The van der Waals surface area contributed by atoms with E-state index in [0.717, 1.165) is 31.3 Å². The van der Waals surface area contributed by atoms with E-state index in [2.05, 4.69) is 17.2 Å². The molecule has 2 aromatic rings. The number of hydrogen-bond acceptors (Lipinski definition) is 5. The summed E-state index contributed by atoms with van der Waals surface area (Å²) in [4.78, 5) is 16.3. The summed E-state index contributed by atoms with van der Waals surface area (Å²) in [7, 11) is 0. The highest BCUT2D eigenvalue weighted by Crippen LogP contribution is 2.27. The maximum Gasteiger partial charge on any atom is 0.257 e. The van der Waals surface area contributed by atoms with E-state index in [1.807, 2.05) is 13.0 Å². The Kier molecular flexibility index (Phi) is 5.50. The lowest BCUT2D eigenvalue weighted by Crippen LogP contribution is -2.31. The molecule has 1 heterocycles. The predicted molar refractivity (Wildman–Crippen MR) is 86.3 cm³/mol. The van der Waals surface area contributed by atoms with Crippen molar-refractivity contribution in [2.24, 2.45) is 0 Å². The van der Waals surface area contributed by atoms with Crippen LogP contribution in [0.25, 0.3) is 11.1 Å². The van der Waals surface area contributed by atoms with Crippen LogP contribution in [-0.2, 0) is 4.79 Å². The average molecular weight is 307 g/mol. The summed E-state index contributed by atoms with van der Waals surface area (Å²) < 4.78 is 5.60. The van der Waals surface area contributed by atoms with E-state index in [1.165, 1.54) is 11.8 Å². The van der Waals surface area contributed by atoms with Crippen molar-refractivity contribution in [2.75, 3.05) is 12.3 Å². The number of unbranched alkanes of at least 4 members (excludes halogenated alkanes) is 2. The topological polar surface area (TPSA) is 81.2 Å². The Hall–Kier alpha value is -1.69. The van der Waals surface area contributed by atoms with E-state index in [1.54, 1.807) is 12.1 Å². The van der Waals surface area contributed by atoms with Gasteiger partial charge in [0, 0.05) is 18.3 Å². The van der Waals surface area contributed by atoms with Crippen molar-refractivity contribution < 1.29 is 9.21 Å². The van der Waals surface area contributed by atoms with Crippen LogP contribution in [0.1, 0.15) is 33.1 Å². The number of anilines is 1. The fourth-order valence-electron chi connectivity index (χ4n) is 1.91. The van der Waals surface area contributed by atoms with Crippen molar-refractivity contribution in [1.29, 1.82) is 0 Å². The monoisotopic (exact) mass is 307 g/mol. The van der Waals surface area contributed by atoms with E-state index in [0.29, 0.717) is 16.5 Å². The fraction of sp³-hybridized carbons (Fsp3) is 0.467. The highest BCUT2D eigenvalue weighted by atomic mass is 32.2. The number of oxazole rings is 1. The molecule has 21 heavy (non-hydrogen) atoms. The van der Waals surface area contributed by atoms with Crippen LogP contribution >= 0.6 is 11.8 Å². The first-order chi connectivity index (χ1) is 10.1. The minimum Gasteiger partial charge on any atom is -0.431 e. The molecule has 0 fully saturated rings. The Morgan fingerprint density at radius 2 is 2.29 bits per heavy atom. The van der Waals surface area contributed by atoms with Gasteiger partial charge in [0.05, 0.1) is 5.25 Å². The molecule has 3 N–H and O–H groups in total. The van der Waals surface area contributed by atoms with E-state index in [4.69, 9.17) is 10.2 Å². The zero-order valence-electron chi connectivity index (χ0n) is 12.4. The largest absolute Gasteiger partial charge is 0.431 e. The fourth-order valence-corrected chi connectivity index (χ4v) is 2.69. The zero-order valence-corrected chi connectivity index (χ0v) is 13.2. The second-order valence-electron chi connectivity index (χ2n) is 4.97. The zero-order chi connectivity index (χ0) is 15.2. The van der Waals surface area contributed by atoms with E-state index in [9.17, 15) is 4.79 Å². The summed E-state index contributed by atoms with van der Waals surface area (Å²) in [6.45, 7) is 4.71. The number of nitrogens with one attached hydrogen (secondary N) is 1. The molecule has 0 bridgehead atoms. The van der Waals surface area contributed by atoms with Crippen LogP contribution < -0.4 is 11.1 Å². The highest BCUT2D eigenvalue weighted by Gasteiger charge is 2.17. The molecular weight excluding hydrogens is 286 g/mol. The SMILES string of the molecule is CCCCCNC(=O)C(C)Sc1nc2ccc(N)cc2o1. The molecule has 0 aliphatic rings. The molecule has 0 saturated carbocycles. The van der Waals surface area contributed by atoms with E-state index in [-0.39, 0.29) is 11.2 Å². The van der Waals surface area contributed by atoms with Crippen molar-refractivity contribution in [2.45, 2.75) is 43.6 Å². The lowest BCUT2D eigenvalue weighted by molar-refractivity contribution is -0.120. The third kappa shape index (κ3) is 4.39. The summed E-state index contributed by atoms with van der Waals surface area (Å²) in [5.41, 5.74) is 7.74. The second kappa shape index (κ2) is 7.36. The summed E-state index contributed by atoms with van der Waals surface area (Å²) in [6.07, 6.45) is 3.29. The standard InChI is InChI=1S/C15H21N3O2S/c1-3-4-5-8-17-14(19)10(2)21-15-18-12-7-6-11(16)9-13(12)20-15/h6-7,9-10H,3-5,8,16H2,1-2H3,(H,17,19). The van der Waals surface area contributed by atoms with Crippen molar-refractivity contribution in [1.82, 2.24) is 10.3 Å². The Labute approximate surface area is 128 Å². The van der Waals surface area contributed by atoms with E-state index >= 15 is 0 Å². The van der Waals surface area contributed by atoms with Crippen LogP contribution in [0.3, 0.4) is 0 Å². The van der Waals surface area contributed by atoms with Gasteiger partial charge in [-0.3, -0.25) is 4.79 Å². The number of nitrogen functional groups attached to an aromatic ring is 1. The molecule has 0 radical (unpaired) electrons. The number of thioether (sulfide) groups is 1. The van der Waals surface area contributed by atoms with Crippen LogP contribution in [0.2, 0.25) is 0 Å². The summed E-state index contributed by atoms with van der Waals surface area (Å²) >= 11 is 1.32. The van der Waals surface area contributed by atoms with Gasteiger partial charge in [0.25, 0.3) is 5.22 Å². The molecule has 1 aromatic heterocycles. The Morgan fingerprint density at radius 3 is 3.05 bits per heavy atom. The predicted octanol–water partition coefficient (Wildman–Crippen LogP) is 3.20. The van der Waals surface area contributed by atoms with Gasteiger partial charge in [0.1, 0.15) is 5.52 Å². The summed E-state index contributed by atoms with van der Waals surface area (Å²) in [6, 6.07) is 5.33. The van der Waals surface area contributed by atoms with Crippen LogP contribution in [0, 0.1) is 0 Å². The lowest BCUT2D eigenvalue weighted by atomic mass is 10.2. The molecule has 0 aliphatic carbocycles. The quantitative estimate of drug-likeness (QED) is 0.466. The second-order valence-corrected chi connectivity index (χ2v) is 6.26. The number of benzene rings is 1. The number of nitrogens with two attached hydrogens (primary N) is 1. The molecule has 0 spiro atoms. The van der Waals surface area contributed by atoms with E-state index < -0.39 is 0 Å². The van der Waals surface area contributed by atoms with Gasteiger partial charge < -0.3 is 15.5 Å². The Balaban J connectivity index is 1.91. The minimum absolute atomic E-state index is 0.0119. The van der Waals surface area contributed by atoms with Gasteiger partial charge in [-0.25, -0.2) is 4.98 Å². The number of rotatable bonds is 7. The van der Waals surface area contributed by atoms with Crippen LogP contribution in [0.15, 0.2) is 27.8 Å². The van der Waals surface area contributed by atoms with Crippen molar-refractivity contribution in [3.8, 4) is 0 Å². The van der Waals surface area contributed by atoms with Crippen LogP contribution in [0.5, 0.6) is 0 Å². The van der Waals surface area contributed by atoms with Gasteiger partial charge in [0.2, 0.25) is 5.91 Å². The molecule has 2 rings (SSSR count). The number of aromatic nitrogens is 1. The molecule has 1 aromatic carbocycles. The Morgan fingerprint density at radius 1 is 1.48 bits per heavy atom. The molecule has 5 nitrogen and oxygen atoms in total. The van der Waals surface area contributed by atoms with Gasteiger partial charge in [-0.05, 0) is 25.5 Å². The van der Waals surface area contributed by atoms with Crippen molar-refractivity contribution in [3.05, 3.63) is 18.2 Å². The number of hydrogen-bond donors (Lipinski definition) is 2. The molecule has 6 heteroatoms. The summed E-state index contributed by atoms with van der Waals surface area (Å²) in [5, 5.41) is 3.18. The third-order valence-electron chi connectivity index (χ3n) is 3.12. The maximum absolute atomic E-state index is 12.0. The maximum atomic E-state index is 12.0. The molecule has 1 atom stereocenters. The van der Waals surface area contributed by atoms with Gasteiger partial charge >= 0.3 is 0 Å². The van der Waals surface area contributed by atoms with Gasteiger partial charge in [-0.2, -0.15) is 0 Å². The van der Waals surface area contributed by atoms with Crippen molar-refractivity contribution in [3.63, 3.8) is 0 Å². The molecular formula is C15H21N3O2S. The Bertz CT molecular complexity index is 612. The lowest BCUT2D eigenvalue weighted by Gasteiger charge is -2.09. The number of fused-ring (bicyclic) bond motifs is 1. The third-order valence-corrected chi connectivity index (χ3v) is 4.06. The molecule has 0 saturated heterocycles. The van der Waals surface area contributed by atoms with Gasteiger partial charge in [-0.15, -0.1) is 0 Å². The van der Waals surface area contributed by atoms with Crippen LogP contribution in [-0.4, -0.2) is 22.7 Å². The first kappa shape index (κ1) is 15.7. The molecule has 0 aliphatic heterocycles. The molecule has 114 valence electrons. The number of carbonyl (C=O) groups excluding carboxylic acids is 1. The first-order valence-electron chi connectivity index (χ1n) is 7.20. The molecule has 1 amide bonds. The molecule has 1 unspecified atom stereocenters. The van der Waals surface area contributed by atoms with Gasteiger partial charge in [0.15, 0.2) is 5.58 Å². The number of carbonyl (C=O) groups is 1. The van der Waals surface area contributed by atoms with Gasteiger partial charge in [-0.1, -0.05) is 31.5 Å². The minimum atomic E-state index is -0.239. The normalized spacial score (nSPS) is 12.5. The first-order valence-corrected chi connectivity index (χ1v) is 8.08. The smallest absolute Gasteiger partial charge is 0.257 e. The van der Waals surface area contributed by atoms with Crippen molar-refractivity contribution >= 4 is 34.5 Å². The average Bonchev–Trinajstić information content (AvgIpc) is 2.84.